The molecule has 6 heteroatoms. The number of carbonyl (C=O) groups excluding carboxylic acids is 1. The molecule has 1 unspecified atom stereocenters. The van der Waals surface area contributed by atoms with Gasteiger partial charge >= 0.3 is 0 Å². The molecule has 2 rings (SSSR count). The van der Waals surface area contributed by atoms with Crippen LogP contribution in [-0.4, -0.2) is 23.4 Å². The van der Waals surface area contributed by atoms with Gasteiger partial charge in [0.1, 0.15) is 6.04 Å². The van der Waals surface area contributed by atoms with E-state index in [0.717, 1.165) is 10.5 Å². The molecule has 4 nitrogen and oxygen atoms in total. The van der Waals surface area contributed by atoms with Crippen molar-refractivity contribution in [3.63, 3.8) is 0 Å². The number of hydrogen-bond donors (Lipinski definition) is 3. The number of amides is 1. The lowest BCUT2D eigenvalue weighted by atomic mass is 10.1. The van der Waals surface area contributed by atoms with Crippen LogP contribution in [0.15, 0.2) is 17.0 Å². The highest BCUT2D eigenvalue weighted by atomic mass is 35.5. The molecule has 1 aliphatic rings. The highest BCUT2D eigenvalue weighted by Gasteiger charge is 2.28. The van der Waals surface area contributed by atoms with E-state index in [4.69, 9.17) is 22.4 Å². The van der Waals surface area contributed by atoms with E-state index in [1.54, 1.807) is 12.1 Å². The van der Waals surface area contributed by atoms with Crippen LogP contribution >= 0.6 is 23.4 Å². The fourth-order valence-electron chi connectivity index (χ4n) is 1.55. The molecule has 1 atom stereocenters. The van der Waals surface area contributed by atoms with Gasteiger partial charge in [0, 0.05) is 21.9 Å². The number of hydrogen-bond acceptors (Lipinski definition) is 4. The number of carbonyl (C=O) groups is 1. The van der Waals surface area contributed by atoms with Gasteiger partial charge < -0.3 is 16.2 Å². The molecule has 0 spiro atoms. The van der Waals surface area contributed by atoms with Gasteiger partial charge in [-0.3, -0.25) is 4.79 Å². The smallest absolute Gasteiger partial charge is 0.245 e. The predicted octanol–water partition coefficient (Wildman–Crippen LogP) is 1.38. The first-order valence-electron chi connectivity index (χ1n) is 4.77. The van der Waals surface area contributed by atoms with E-state index in [-0.39, 0.29) is 12.5 Å². The Morgan fingerprint density at radius 2 is 2.31 bits per heavy atom. The molecular formula is C10H11ClN2O2S. The fraction of sp³-hybridized carbons (Fsp3) is 0.300. The minimum Gasteiger partial charge on any atom is -0.396 e. The molecule has 1 aliphatic heterocycles. The standard InChI is InChI=1S/C10H11ClN2O2S/c11-6-3-5-7(13-10(15)9(5)12)4-8(6)16-2-1-14/h3-4,9,14H,1-2,12H2,(H,13,15). The molecule has 1 aromatic carbocycles. The van der Waals surface area contributed by atoms with E-state index in [1.807, 2.05) is 0 Å². The second kappa shape index (κ2) is 4.63. The third kappa shape index (κ3) is 2.04. The molecule has 0 saturated carbocycles. The number of nitrogens with two attached hydrogens (primary N) is 1. The molecule has 1 amide bonds. The van der Waals surface area contributed by atoms with Crippen molar-refractivity contribution >= 4 is 35.0 Å². The number of aliphatic hydroxyl groups excluding tert-OH is 1. The van der Waals surface area contributed by atoms with Crippen LogP contribution < -0.4 is 11.1 Å². The molecule has 16 heavy (non-hydrogen) atoms. The van der Waals surface area contributed by atoms with Gasteiger partial charge in [-0.25, -0.2) is 0 Å². The molecule has 0 aliphatic carbocycles. The third-order valence-electron chi connectivity index (χ3n) is 2.33. The van der Waals surface area contributed by atoms with E-state index in [9.17, 15) is 4.79 Å². The Kier molecular flexibility index (Phi) is 3.39. The summed E-state index contributed by atoms with van der Waals surface area (Å²) in [4.78, 5) is 12.2. The lowest BCUT2D eigenvalue weighted by Gasteiger charge is -2.07. The molecular weight excluding hydrogens is 248 g/mol. The second-order valence-corrected chi connectivity index (χ2v) is 4.95. The van der Waals surface area contributed by atoms with E-state index in [0.29, 0.717) is 16.5 Å². The summed E-state index contributed by atoms with van der Waals surface area (Å²) >= 11 is 7.50. The van der Waals surface area contributed by atoms with Crippen LogP contribution in [-0.2, 0) is 4.79 Å². The SMILES string of the molecule is NC1C(=O)Nc2cc(SCCO)c(Cl)cc21. The maximum absolute atomic E-state index is 11.3. The van der Waals surface area contributed by atoms with Crippen molar-refractivity contribution in [2.75, 3.05) is 17.7 Å². The fourth-order valence-corrected chi connectivity index (χ4v) is 2.60. The molecule has 4 N–H and O–H groups in total. The Hall–Kier alpha value is -0.750. The molecule has 0 aromatic heterocycles. The lowest BCUT2D eigenvalue weighted by Crippen LogP contribution is -2.19. The number of halogens is 1. The zero-order valence-electron chi connectivity index (χ0n) is 8.37. The predicted molar refractivity (Wildman–Crippen MR) is 64.8 cm³/mol. The largest absolute Gasteiger partial charge is 0.396 e. The normalized spacial score (nSPS) is 18.4. The Bertz CT molecular complexity index is 439. The van der Waals surface area contributed by atoms with Gasteiger partial charge in [0.25, 0.3) is 0 Å². The van der Waals surface area contributed by atoms with Gasteiger partial charge in [0.05, 0.1) is 11.6 Å². The van der Waals surface area contributed by atoms with Gasteiger partial charge in [0.2, 0.25) is 5.91 Å². The number of benzene rings is 1. The minimum atomic E-state index is -0.635. The van der Waals surface area contributed by atoms with Gasteiger partial charge in [-0.2, -0.15) is 0 Å². The molecule has 1 aromatic rings. The number of thioether (sulfide) groups is 1. The second-order valence-electron chi connectivity index (χ2n) is 3.41. The van der Waals surface area contributed by atoms with Crippen molar-refractivity contribution in [1.29, 1.82) is 0 Å². The number of fused-ring (bicyclic) bond motifs is 1. The highest BCUT2D eigenvalue weighted by molar-refractivity contribution is 7.99. The molecule has 0 saturated heterocycles. The summed E-state index contributed by atoms with van der Waals surface area (Å²) in [5, 5.41) is 12.0. The van der Waals surface area contributed by atoms with E-state index >= 15 is 0 Å². The lowest BCUT2D eigenvalue weighted by molar-refractivity contribution is -0.116. The van der Waals surface area contributed by atoms with E-state index < -0.39 is 6.04 Å². The van der Waals surface area contributed by atoms with Crippen LogP contribution in [0.25, 0.3) is 0 Å². The average molecular weight is 259 g/mol. The summed E-state index contributed by atoms with van der Waals surface area (Å²) in [6.45, 7) is 0.0873. The average Bonchev–Trinajstić information content (AvgIpc) is 2.52. The summed E-state index contributed by atoms with van der Waals surface area (Å²) in [5.41, 5.74) is 7.13. The zero-order valence-corrected chi connectivity index (χ0v) is 9.94. The van der Waals surface area contributed by atoms with Crippen molar-refractivity contribution in [1.82, 2.24) is 0 Å². The number of anilines is 1. The number of aliphatic hydroxyl groups is 1. The van der Waals surface area contributed by atoms with Crippen molar-refractivity contribution in [3.05, 3.63) is 22.7 Å². The van der Waals surface area contributed by atoms with Gasteiger partial charge in [0.15, 0.2) is 0 Å². The zero-order chi connectivity index (χ0) is 11.7. The molecule has 0 fully saturated rings. The van der Waals surface area contributed by atoms with Crippen LogP contribution in [0, 0.1) is 0 Å². The van der Waals surface area contributed by atoms with Crippen molar-refractivity contribution in [3.8, 4) is 0 Å². The summed E-state index contributed by atoms with van der Waals surface area (Å²) < 4.78 is 0. The van der Waals surface area contributed by atoms with Crippen LogP contribution in [0.5, 0.6) is 0 Å². The van der Waals surface area contributed by atoms with Crippen LogP contribution in [0.4, 0.5) is 5.69 Å². The van der Waals surface area contributed by atoms with Gasteiger partial charge in [-0.1, -0.05) is 11.6 Å². The number of rotatable bonds is 3. The van der Waals surface area contributed by atoms with Crippen LogP contribution in [0.3, 0.4) is 0 Å². The van der Waals surface area contributed by atoms with Gasteiger partial charge in [-0.05, 0) is 12.1 Å². The van der Waals surface area contributed by atoms with Crippen molar-refractivity contribution in [2.24, 2.45) is 5.73 Å². The van der Waals surface area contributed by atoms with Crippen molar-refractivity contribution < 1.29 is 9.90 Å². The maximum Gasteiger partial charge on any atom is 0.245 e. The first kappa shape index (κ1) is 11.7. The van der Waals surface area contributed by atoms with Gasteiger partial charge in [-0.15, -0.1) is 11.8 Å². The maximum atomic E-state index is 11.3. The molecule has 0 radical (unpaired) electrons. The van der Waals surface area contributed by atoms with Crippen molar-refractivity contribution in [2.45, 2.75) is 10.9 Å². The van der Waals surface area contributed by atoms with Crippen LogP contribution in [0.1, 0.15) is 11.6 Å². The topological polar surface area (TPSA) is 75.4 Å². The molecule has 1 heterocycles. The Balaban J connectivity index is 2.33. The first-order chi connectivity index (χ1) is 7.63. The quantitative estimate of drug-likeness (QED) is 0.716. The number of nitrogens with one attached hydrogen (secondary N) is 1. The molecule has 0 bridgehead atoms. The monoisotopic (exact) mass is 258 g/mol. The minimum absolute atomic E-state index is 0.0873. The Morgan fingerprint density at radius 1 is 1.56 bits per heavy atom. The highest BCUT2D eigenvalue weighted by Crippen LogP contribution is 2.37. The summed E-state index contributed by atoms with van der Waals surface area (Å²) in [5.74, 6) is 0.355. The summed E-state index contributed by atoms with van der Waals surface area (Å²) in [7, 11) is 0. The summed E-state index contributed by atoms with van der Waals surface area (Å²) in [6, 6.07) is 2.87. The van der Waals surface area contributed by atoms with E-state index in [1.165, 1.54) is 11.8 Å². The van der Waals surface area contributed by atoms with Crippen LogP contribution in [0.2, 0.25) is 5.02 Å². The molecule has 86 valence electrons. The first-order valence-corrected chi connectivity index (χ1v) is 6.13. The van der Waals surface area contributed by atoms with E-state index in [2.05, 4.69) is 5.32 Å². The third-order valence-corrected chi connectivity index (χ3v) is 3.79. The Morgan fingerprint density at radius 3 is 3.00 bits per heavy atom. The summed E-state index contributed by atoms with van der Waals surface area (Å²) in [6.07, 6.45) is 0. The Labute approximate surface area is 102 Å².